The summed E-state index contributed by atoms with van der Waals surface area (Å²) in [6.45, 7) is -0.279. The van der Waals surface area contributed by atoms with E-state index >= 15 is 0 Å². The number of rotatable bonds is 3. The molecule has 0 aromatic heterocycles. The average Bonchev–Trinajstić information content (AvgIpc) is 2.47. The third-order valence-corrected chi connectivity index (χ3v) is 2.79. The number of hydrogen-bond donors (Lipinski definition) is 1. The third-order valence-electron chi connectivity index (χ3n) is 2.79. The van der Waals surface area contributed by atoms with Crippen LogP contribution in [0, 0.1) is 11.3 Å². The SMILES string of the molecule is N#Cc1cc(C(F)(F)F)ccc1Oc1ccccc1CO. The van der Waals surface area contributed by atoms with Gasteiger partial charge in [-0.2, -0.15) is 18.4 Å². The Labute approximate surface area is 118 Å². The first-order valence-electron chi connectivity index (χ1n) is 5.93. The van der Waals surface area contributed by atoms with Crippen LogP contribution in [0.1, 0.15) is 16.7 Å². The van der Waals surface area contributed by atoms with Gasteiger partial charge in [-0.1, -0.05) is 18.2 Å². The predicted molar refractivity (Wildman–Crippen MR) is 68.6 cm³/mol. The van der Waals surface area contributed by atoms with Crippen LogP contribution in [0.2, 0.25) is 0 Å². The summed E-state index contributed by atoms with van der Waals surface area (Å²) in [5.74, 6) is 0.294. The topological polar surface area (TPSA) is 53.2 Å². The number of para-hydroxylation sites is 1. The minimum Gasteiger partial charge on any atom is -0.456 e. The zero-order valence-corrected chi connectivity index (χ0v) is 10.7. The molecule has 0 aliphatic rings. The zero-order valence-electron chi connectivity index (χ0n) is 10.7. The van der Waals surface area contributed by atoms with Crippen molar-refractivity contribution in [1.29, 1.82) is 5.26 Å². The molecule has 1 N–H and O–H groups in total. The van der Waals surface area contributed by atoms with Gasteiger partial charge in [-0.15, -0.1) is 0 Å². The first kappa shape index (κ1) is 14.9. The van der Waals surface area contributed by atoms with E-state index in [1.54, 1.807) is 30.3 Å². The van der Waals surface area contributed by atoms with E-state index in [-0.39, 0.29) is 23.7 Å². The number of halogens is 3. The van der Waals surface area contributed by atoms with Crippen LogP contribution in [0.15, 0.2) is 42.5 Å². The minimum absolute atomic E-state index is 0.00593. The fraction of sp³-hybridized carbons (Fsp3) is 0.133. The first-order valence-corrected chi connectivity index (χ1v) is 5.93. The Kier molecular flexibility index (Phi) is 4.15. The normalized spacial score (nSPS) is 11.0. The maximum absolute atomic E-state index is 12.6. The van der Waals surface area contributed by atoms with E-state index < -0.39 is 11.7 Å². The van der Waals surface area contributed by atoms with Crippen LogP contribution >= 0.6 is 0 Å². The van der Waals surface area contributed by atoms with Gasteiger partial charge < -0.3 is 9.84 Å². The van der Waals surface area contributed by atoms with Crippen molar-refractivity contribution < 1.29 is 23.0 Å². The highest BCUT2D eigenvalue weighted by Gasteiger charge is 2.31. The quantitative estimate of drug-likeness (QED) is 0.934. The van der Waals surface area contributed by atoms with Gasteiger partial charge >= 0.3 is 6.18 Å². The van der Waals surface area contributed by atoms with Gasteiger partial charge in [0, 0.05) is 5.56 Å². The minimum atomic E-state index is -4.52. The summed E-state index contributed by atoms with van der Waals surface area (Å²) < 4.78 is 43.2. The molecule has 0 spiro atoms. The van der Waals surface area contributed by atoms with Crippen LogP contribution in [0.4, 0.5) is 13.2 Å². The molecule has 21 heavy (non-hydrogen) atoms. The van der Waals surface area contributed by atoms with Crippen molar-refractivity contribution >= 4 is 0 Å². The van der Waals surface area contributed by atoms with Crippen LogP contribution in [-0.2, 0) is 12.8 Å². The molecule has 0 unspecified atom stereocenters. The van der Waals surface area contributed by atoms with Gasteiger partial charge in [0.25, 0.3) is 0 Å². The Morgan fingerprint density at radius 1 is 1.10 bits per heavy atom. The maximum atomic E-state index is 12.6. The van der Waals surface area contributed by atoms with Gasteiger partial charge in [0.15, 0.2) is 0 Å². The first-order chi connectivity index (χ1) is 9.95. The molecule has 0 saturated carbocycles. The van der Waals surface area contributed by atoms with Crippen LogP contribution in [0.5, 0.6) is 11.5 Å². The Morgan fingerprint density at radius 2 is 1.81 bits per heavy atom. The van der Waals surface area contributed by atoms with Crippen molar-refractivity contribution in [2.24, 2.45) is 0 Å². The molecular formula is C15H10F3NO2. The number of nitrogens with zero attached hydrogens (tertiary/aromatic N) is 1. The number of aliphatic hydroxyl groups excluding tert-OH is 1. The summed E-state index contributed by atoms with van der Waals surface area (Å²) in [5, 5.41) is 18.1. The van der Waals surface area contributed by atoms with Crippen molar-refractivity contribution in [2.45, 2.75) is 12.8 Å². The molecule has 2 aromatic rings. The molecule has 108 valence electrons. The summed E-state index contributed by atoms with van der Waals surface area (Å²) in [6.07, 6.45) is -4.52. The number of aliphatic hydroxyl groups is 1. The lowest BCUT2D eigenvalue weighted by atomic mass is 10.1. The highest BCUT2D eigenvalue weighted by molar-refractivity contribution is 5.49. The number of hydrogen-bond acceptors (Lipinski definition) is 3. The fourth-order valence-corrected chi connectivity index (χ4v) is 1.74. The van der Waals surface area contributed by atoms with Gasteiger partial charge in [0.2, 0.25) is 0 Å². The second-order valence-electron chi connectivity index (χ2n) is 4.19. The molecule has 0 heterocycles. The third kappa shape index (κ3) is 3.33. The summed E-state index contributed by atoms with van der Waals surface area (Å²) >= 11 is 0. The molecule has 0 bridgehead atoms. The standard InChI is InChI=1S/C15H10F3NO2/c16-15(17,18)12-5-6-14(11(7-12)8-19)21-13-4-2-1-3-10(13)9-20/h1-7,20H,9H2. The summed E-state index contributed by atoms with van der Waals surface area (Å²) in [6, 6.07) is 10.9. The molecule has 2 aromatic carbocycles. The monoisotopic (exact) mass is 293 g/mol. The molecule has 0 saturated heterocycles. The highest BCUT2D eigenvalue weighted by atomic mass is 19.4. The Hall–Kier alpha value is -2.52. The molecule has 0 radical (unpaired) electrons. The van der Waals surface area contributed by atoms with Crippen LogP contribution in [0.3, 0.4) is 0 Å². The molecule has 2 rings (SSSR count). The number of ether oxygens (including phenoxy) is 1. The Balaban J connectivity index is 2.39. The van der Waals surface area contributed by atoms with Crippen LogP contribution < -0.4 is 4.74 Å². The largest absolute Gasteiger partial charge is 0.456 e. The maximum Gasteiger partial charge on any atom is 0.416 e. The van der Waals surface area contributed by atoms with Crippen molar-refractivity contribution in [2.75, 3.05) is 0 Å². The van der Waals surface area contributed by atoms with E-state index in [4.69, 9.17) is 10.00 Å². The lowest BCUT2D eigenvalue weighted by molar-refractivity contribution is -0.137. The van der Waals surface area contributed by atoms with Gasteiger partial charge in [-0.05, 0) is 24.3 Å². The summed E-state index contributed by atoms with van der Waals surface area (Å²) in [7, 11) is 0. The zero-order chi connectivity index (χ0) is 15.5. The molecule has 0 atom stereocenters. The second-order valence-corrected chi connectivity index (χ2v) is 4.19. The van der Waals surface area contributed by atoms with E-state index in [2.05, 4.69) is 0 Å². The summed E-state index contributed by atoms with van der Waals surface area (Å²) in [5.41, 5.74) is -0.666. The van der Waals surface area contributed by atoms with Crippen molar-refractivity contribution in [3.63, 3.8) is 0 Å². The van der Waals surface area contributed by atoms with E-state index in [1.165, 1.54) is 0 Å². The molecule has 3 nitrogen and oxygen atoms in total. The molecule has 0 aliphatic heterocycles. The van der Waals surface area contributed by atoms with E-state index in [1.807, 2.05) is 0 Å². The van der Waals surface area contributed by atoms with Crippen molar-refractivity contribution in [3.05, 3.63) is 59.2 Å². The summed E-state index contributed by atoms with van der Waals surface area (Å²) in [4.78, 5) is 0. The lowest BCUT2D eigenvalue weighted by Crippen LogP contribution is -2.05. The molecule has 6 heteroatoms. The fourth-order valence-electron chi connectivity index (χ4n) is 1.74. The van der Waals surface area contributed by atoms with E-state index in [0.29, 0.717) is 5.56 Å². The highest BCUT2D eigenvalue weighted by Crippen LogP contribution is 2.34. The number of alkyl halides is 3. The second kappa shape index (κ2) is 5.85. The lowest BCUT2D eigenvalue weighted by Gasteiger charge is -2.12. The number of nitriles is 1. The molecule has 0 amide bonds. The van der Waals surface area contributed by atoms with Crippen LogP contribution in [-0.4, -0.2) is 5.11 Å². The van der Waals surface area contributed by atoms with Gasteiger partial charge in [0.1, 0.15) is 17.6 Å². The van der Waals surface area contributed by atoms with Crippen molar-refractivity contribution in [1.82, 2.24) is 0 Å². The van der Waals surface area contributed by atoms with Gasteiger partial charge in [-0.3, -0.25) is 0 Å². The molecule has 0 fully saturated rings. The Bertz CT molecular complexity index is 690. The van der Waals surface area contributed by atoms with E-state index in [0.717, 1.165) is 18.2 Å². The Morgan fingerprint density at radius 3 is 2.43 bits per heavy atom. The van der Waals surface area contributed by atoms with Crippen molar-refractivity contribution in [3.8, 4) is 17.6 Å². The predicted octanol–water partition coefficient (Wildman–Crippen LogP) is 3.86. The average molecular weight is 293 g/mol. The molecule has 0 aliphatic carbocycles. The van der Waals surface area contributed by atoms with Gasteiger partial charge in [-0.25, -0.2) is 0 Å². The van der Waals surface area contributed by atoms with Crippen LogP contribution in [0.25, 0.3) is 0 Å². The van der Waals surface area contributed by atoms with E-state index in [9.17, 15) is 18.3 Å². The number of benzene rings is 2. The molecular weight excluding hydrogens is 283 g/mol. The smallest absolute Gasteiger partial charge is 0.416 e. The van der Waals surface area contributed by atoms with Gasteiger partial charge in [0.05, 0.1) is 17.7 Å².